The molecule has 1 aromatic carbocycles. The van der Waals surface area contributed by atoms with Gasteiger partial charge in [-0.15, -0.1) is 0 Å². The molecule has 2 rings (SSSR count). The number of non-ortho nitro benzene ring substituents is 1. The highest BCUT2D eigenvalue weighted by atomic mass is 19.1. The van der Waals surface area contributed by atoms with Crippen molar-refractivity contribution in [3.8, 4) is 0 Å². The standard InChI is InChI=1S/C13H16FN3O3/c1-8-4-10(17(19)20)5-11(12(8)14)13(18)16-7-9-2-3-15-6-9/h4-5,9,15H,2-3,6-7H2,1H3,(H,16,18). The summed E-state index contributed by atoms with van der Waals surface area (Å²) in [6.07, 6.45) is 0.955. The molecule has 1 aliphatic rings. The molecular formula is C13H16FN3O3. The minimum atomic E-state index is -0.711. The van der Waals surface area contributed by atoms with Crippen molar-refractivity contribution in [3.05, 3.63) is 39.2 Å². The van der Waals surface area contributed by atoms with E-state index in [1.54, 1.807) is 0 Å². The van der Waals surface area contributed by atoms with Gasteiger partial charge in [0.15, 0.2) is 0 Å². The maximum atomic E-state index is 13.9. The molecule has 1 heterocycles. The molecule has 1 aliphatic heterocycles. The molecule has 7 heteroatoms. The lowest BCUT2D eigenvalue weighted by molar-refractivity contribution is -0.385. The molecule has 0 bridgehead atoms. The second kappa shape index (κ2) is 5.96. The zero-order valence-corrected chi connectivity index (χ0v) is 11.1. The number of hydrogen-bond donors (Lipinski definition) is 2. The Labute approximate surface area is 115 Å². The van der Waals surface area contributed by atoms with E-state index in [0.717, 1.165) is 31.6 Å². The summed E-state index contributed by atoms with van der Waals surface area (Å²) in [5.74, 6) is -0.999. The Morgan fingerprint density at radius 2 is 2.35 bits per heavy atom. The highest BCUT2D eigenvalue weighted by Crippen LogP contribution is 2.21. The number of aryl methyl sites for hydroxylation is 1. The van der Waals surface area contributed by atoms with E-state index in [-0.39, 0.29) is 16.8 Å². The molecule has 0 radical (unpaired) electrons. The molecular weight excluding hydrogens is 265 g/mol. The van der Waals surface area contributed by atoms with Crippen LogP contribution in [0.1, 0.15) is 22.3 Å². The van der Waals surface area contributed by atoms with Gasteiger partial charge in [-0.25, -0.2) is 4.39 Å². The van der Waals surface area contributed by atoms with Crippen LogP contribution in [0.5, 0.6) is 0 Å². The number of carbonyl (C=O) groups excluding carboxylic acids is 1. The fourth-order valence-electron chi connectivity index (χ4n) is 2.24. The normalized spacial score (nSPS) is 18.0. The number of hydrogen-bond acceptors (Lipinski definition) is 4. The van der Waals surface area contributed by atoms with Crippen LogP contribution < -0.4 is 10.6 Å². The smallest absolute Gasteiger partial charge is 0.270 e. The van der Waals surface area contributed by atoms with Crippen LogP contribution in [0.3, 0.4) is 0 Å². The second-order valence-electron chi connectivity index (χ2n) is 4.95. The summed E-state index contributed by atoms with van der Waals surface area (Å²) in [4.78, 5) is 22.1. The van der Waals surface area contributed by atoms with Crippen LogP contribution in [0.15, 0.2) is 12.1 Å². The van der Waals surface area contributed by atoms with Gasteiger partial charge < -0.3 is 10.6 Å². The van der Waals surface area contributed by atoms with Crippen molar-refractivity contribution in [1.82, 2.24) is 10.6 Å². The first-order chi connectivity index (χ1) is 9.49. The van der Waals surface area contributed by atoms with Crippen LogP contribution in [0.2, 0.25) is 0 Å². The quantitative estimate of drug-likeness (QED) is 0.645. The van der Waals surface area contributed by atoms with Crippen molar-refractivity contribution >= 4 is 11.6 Å². The van der Waals surface area contributed by atoms with Crippen LogP contribution in [-0.4, -0.2) is 30.5 Å². The van der Waals surface area contributed by atoms with Crippen molar-refractivity contribution < 1.29 is 14.1 Å². The van der Waals surface area contributed by atoms with Gasteiger partial charge in [-0.3, -0.25) is 14.9 Å². The number of rotatable bonds is 4. The highest BCUT2D eigenvalue weighted by Gasteiger charge is 2.21. The monoisotopic (exact) mass is 281 g/mol. The van der Waals surface area contributed by atoms with E-state index >= 15 is 0 Å². The fourth-order valence-corrected chi connectivity index (χ4v) is 2.24. The topological polar surface area (TPSA) is 84.3 Å². The summed E-state index contributed by atoms with van der Waals surface area (Å²) >= 11 is 0. The van der Waals surface area contributed by atoms with Crippen LogP contribution in [0.4, 0.5) is 10.1 Å². The number of nitrogens with zero attached hydrogens (tertiary/aromatic N) is 1. The third kappa shape index (κ3) is 3.11. The molecule has 0 spiro atoms. The molecule has 1 atom stereocenters. The zero-order chi connectivity index (χ0) is 14.7. The first-order valence-corrected chi connectivity index (χ1v) is 6.42. The van der Waals surface area contributed by atoms with E-state index in [2.05, 4.69) is 10.6 Å². The summed E-state index contributed by atoms with van der Waals surface area (Å²) < 4.78 is 13.9. The van der Waals surface area contributed by atoms with Gasteiger partial charge in [-0.05, 0) is 37.9 Å². The first-order valence-electron chi connectivity index (χ1n) is 6.42. The molecule has 1 unspecified atom stereocenters. The van der Waals surface area contributed by atoms with Gasteiger partial charge >= 0.3 is 0 Å². The summed E-state index contributed by atoms with van der Waals surface area (Å²) in [7, 11) is 0. The van der Waals surface area contributed by atoms with Crippen LogP contribution in [0.25, 0.3) is 0 Å². The largest absolute Gasteiger partial charge is 0.352 e. The number of nitrogens with one attached hydrogen (secondary N) is 2. The first kappa shape index (κ1) is 14.4. The SMILES string of the molecule is Cc1cc([N+](=O)[O-])cc(C(=O)NCC2CCNC2)c1F. The zero-order valence-electron chi connectivity index (χ0n) is 11.1. The average molecular weight is 281 g/mol. The maximum Gasteiger partial charge on any atom is 0.270 e. The molecule has 0 aliphatic carbocycles. The average Bonchev–Trinajstić information content (AvgIpc) is 2.92. The lowest BCUT2D eigenvalue weighted by atomic mass is 10.1. The summed E-state index contributed by atoms with van der Waals surface area (Å²) in [5, 5.41) is 16.5. The number of nitro benzene ring substituents is 1. The lowest BCUT2D eigenvalue weighted by Crippen LogP contribution is -2.31. The Morgan fingerprint density at radius 3 is 2.95 bits per heavy atom. The number of amides is 1. The van der Waals surface area contributed by atoms with E-state index in [1.165, 1.54) is 6.92 Å². The van der Waals surface area contributed by atoms with Crippen LogP contribution >= 0.6 is 0 Å². The van der Waals surface area contributed by atoms with Gasteiger partial charge in [0, 0.05) is 18.7 Å². The third-order valence-corrected chi connectivity index (χ3v) is 3.41. The number of nitro groups is 1. The van der Waals surface area contributed by atoms with Gasteiger partial charge in [0.25, 0.3) is 11.6 Å². The summed E-state index contributed by atoms with van der Waals surface area (Å²) in [5.41, 5.74) is -0.467. The second-order valence-corrected chi connectivity index (χ2v) is 4.95. The number of benzene rings is 1. The maximum absolute atomic E-state index is 13.9. The van der Waals surface area contributed by atoms with Gasteiger partial charge in [0.05, 0.1) is 10.5 Å². The third-order valence-electron chi connectivity index (χ3n) is 3.41. The van der Waals surface area contributed by atoms with Gasteiger partial charge in [0.1, 0.15) is 5.82 Å². The highest BCUT2D eigenvalue weighted by molar-refractivity contribution is 5.95. The Kier molecular flexibility index (Phi) is 4.29. The Hall–Kier alpha value is -2.02. The van der Waals surface area contributed by atoms with E-state index < -0.39 is 16.6 Å². The molecule has 0 aromatic heterocycles. The molecule has 0 saturated carbocycles. The van der Waals surface area contributed by atoms with Crippen molar-refractivity contribution in [2.75, 3.05) is 19.6 Å². The van der Waals surface area contributed by atoms with E-state index in [4.69, 9.17) is 0 Å². The fraction of sp³-hybridized carbons (Fsp3) is 0.462. The number of carbonyl (C=O) groups is 1. The molecule has 1 fully saturated rings. The molecule has 1 saturated heterocycles. The van der Waals surface area contributed by atoms with Crippen LogP contribution in [-0.2, 0) is 0 Å². The summed E-state index contributed by atoms with van der Waals surface area (Å²) in [6.45, 7) is 3.56. The van der Waals surface area contributed by atoms with Gasteiger partial charge in [0.2, 0.25) is 0 Å². The molecule has 6 nitrogen and oxygen atoms in total. The van der Waals surface area contributed by atoms with Crippen molar-refractivity contribution in [2.45, 2.75) is 13.3 Å². The molecule has 1 amide bonds. The minimum absolute atomic E-state index is 0.0897. The summed E-state index contributed by atoms with van der Waals surface area (Å²) in [6, 6.07) is 2.09. The predicted molar refractivity (Wildman–Crippen MR) is 71.1 cm³/mol. The van der Waals surface area contributed by atoms with Crippen molar-refractivity contribution in [1.29, 1.82) is 0 Å². The molecule has 20 heavy (non-hydrogen) atoms. The molecule has 2 N–H and O–H groups in total. The Balaban J connectivity index is 2.13. The van der Waals surface area contributed by atoms with Crippen molar-refractivity contribution in [3.63, 3.8) is 0 Å². The van der Waals surface area contributed by atoms with Gasteiger partial charge in [-0.2, -0.15) is 0 Å². The minimum Gasteiger partial charge on any atom is -0.352 e. The lowest BCUT2D eigenvalue weighted by Gasteiger charge is -2.11. The van der Waals surface area contributed by atoms with Crippen molar-refractivity contribution in [2.24, 2.45) is 5.92 Å². The number of halogens is 1. The van der Waals surface area contributed by atoms with E-state index in [9.17, 15) is 19.3 Å². The Morgan fingerprint density at radius 1 is 1.60 bits per heavy atom. The van der Waals surface area contributed by atoms with E-state index in [0.29, 0.717) is 12.5 Å². The predicted octanol–water partition coefficient (Wildman–Crippen LogP) is 1.38. The van der Waals surface area contributed by atoms with Crippen LogP contribution in [0, 0.1) is 28.8 Å². The molecule has 108 valence electrons. The van der Waals surface area contributed by atoms with E-state index in [1.807, 2.05) is 0 Å². The van der Waals surface area contributed by atoms with Gasteiger partial charge in [-0.1, -0.05) is 0 Å². The molecule has 1 aromatic rings. The Bertz CT molecular complexity index is 542.